The highest BCUT2D eigenvalue weighted by molar-refractivity contribution is 7.91. The fourth-order valence-corrected chi connectivity index (χ4v) is 4.70. The second-order valence-corrected chi connectivity index (χ2v) is 7.48. The van der Waals surface area contributed by atoms with Crippen molar-refractivity contribution in [1.29, 1.82) is 0 Å². The van der Waals surface area contributed by atoms with Crippen LogP contribution in [0.25, 0.3) is 0 Å². The van der Waals surface area contributed by atoms with Gasteiger partial charge in [0, 0.05) is 16.6 Å². The number of benzene rings is 1. The van der Waals surface area contributed by atoms with Crippen molar-refractivity contribution in [2.24, 2.45) is 5.92 Å². The molecule has 0 radical (unpaired) electrons. The zero-order chi connectivity index (χ0) is 14.0. The smallest absolute Gasteiger partial charge is 0.150 e. The zero-order valence-electron chi connectivity index (χ0n) is 11.0. The van der Waals surface area contributed by atoms with Crippen LogP contribution in [0.5, 0.6) is 5.75 Å². The lowest BCUT2D eigenvalue weighted by Gasteiger charge is -2.24. The molecule has 0 aromatic heterocycles. The van der Waals surface area contributed by atoms with Crippen LogP contribution in [0.2, 0.25) is 5.02 Å². The van der Waals surface area contributed by atoms with Gasteiger partial charge in [-0.15, -0.1) is 0 Å². The van der Waals surface area contributed by atoms with Crippen molar-refractivity contribution in [3.8, 4) is 5.75 Å². The monoisotopic (exact) mass is 303 g/mol. The summed E-state index contributed by atoms with van der Waals surface area (Å²) in [6.45, 7) is 0. The van der Waals surface area contributed by atoms with E-state index in [1.807, 2.05) is 19.2 Å². The van der Waals surface area contributed by atoms with Crippen molar-refractivity contribution in [2.45, 2.75) is 12.5 Å². The van der Waals surface area contributed by atoms with E-state index in [-0.39, 0.29) is 23.5 Å². The zero-order valence-corrected chi connectivity index (χ0v) is 12.6. The summed E-state index contributed by atoms with van der Waals surface area (Å²) in [6.07, 6.45) is 0.670. The first-order chi connectivity index (χ1) is 8.96. The van der Waals surface area contributed by atoms with E-state index in [1.54, 1.807) is 13.2 Å². The molecule has 0 amide bonds. The second kappa shape index (κ2) is 5.69. The van der Waals surface area contributed by atoms with E-state index in [2.05, 4.69) is 5.32 Å². The molecule has 0 spiro atoms. The molecule has 1 aromatic carbocycles. The summed E-state index contributed by atoms with van der Waals surface area (Å²) in [7, 11) is 0.529. The minimum atomic E-state index is -2.90. The van der Waals surface area contributed by atoms with Crippen LogP contribution in [0.15, 0.2) is 18.2 Å². The number of nitrogens with one attached hydrogen (secondary N) is 1. The molecule has 2 atom stereocenters. The van der Waals surface area contributed by atoms with Crippen LogP contribution in [0, 0.1) is 5.92 Å². The van der Waals surface area contributed by atoms with Gasteiger partial charge in [-0.1, -0.05) is 11.6 Å². The molecule has 0 saturated carbocycles. The van der Waals surface area contributed by atoms with Crippen LogP contribution in [0.4, 0.5) is 0 Å². The van der Waals surface area contributed by atoms with E-state index in [1.165, 1.54) is 0 Å². The molecular weight excluding hydrogens is 286 g/mol. The third kappa shape index (κ3) is 3.22. The maximum Gasteiger partial charge on any atom is 0.150 e. The summed E-state index contributed by atoms with van der Waals surface area (Å²) < 4.78 is 28.6. The van der Waals surface area contributed by atoms with Gasteiger partial charge in [-0.2, -0.15) is 0 Å². The molecule has 1 saturated heterocycles. The quantitative estimate of drug-likeness (QED) is 0.925. The lowest BCUT2D eigenvalue weighted by atomic mass is 9.92. The topological polar surface area (TPSA) is 55.4 Å². The van der Waals surface area contributed by atoms with Crippen molar-refractivity contribution in [1.82, 2.24) is 5.32 Å². The van der Waals surface area contributed by atoms with Crippen LogP contribution >= 0.6 is 11.6 Å². The Morgan fingerprint density at radius 3 is 2.74 bits per heavy atom. The van der Waals surface area contributed by atoms with Gasteiger partial charge >= 0.3 is 0 Å². The van der Waals surface area contributed by atoms with E-state index in [0.717, 1.165) is 11.3 Å². The second-order valence-electron chi connectivity index (χ2n) is 4.82. The highest BCUT2D eigenvalue weighted by Gasteiger charge is 2.34. The Morgan fingerprint density at radius 1 is 1.47 bits per heavy atom. The van der Waals surface area contributed by atoms with Gasteiger partial charge in [0.1, 0.15) is 5.75 Å². The number of methoxy groups -OCH3 is 1. The first-order valence-electron chi connectivity index (χ1n) is 6.18. The molecule has 1 heterocycles. The Labute approximate surface area is 119 Å². The summed E-state index contributed by atoms with van der Waals surface area (Å²) in [4.78, 5) is 0. The lowest BCUT2D eigenvalue weighted by Crippen LogP contribution is -2.26. The third-order valence-electron chi connectivity index (χ3n) is 3.58. The normalized spacial score (nSPS) is 23.2. The minimum Gasteiger partial charge on any atom is -0.496 e. The molecule has 106 valence electrons. The molecule has 1 aliphatic rings. The van der Waals surface area contributed by atoms with E-state index in [9.17, 15) is 8.42 Å². The molecule has 0 bridgehead atoms. The van der Waals surface area contributed by atoms with Crippen LogP contribution in [0.3, 0.4) is 0 Å². The maximum absolute atomic E-state index is 11.6. The van der Waals surface area contributed by atoms with Gasteiger partial charge in [0.25, 0.3) is 0 Å². The van der Waals surface area contributed by atoms with E-state index >= 15 is 0 Å². The maximum atomic E-state index is 11.6. The number of hydrogen-bond acceptors (Lipinski definition) is 4. The molecule has 1 fully saturated rings. The molecule has 1 aromatic rings. The molecule has 1 N–H and O–H groups in total. The predicted molar refractivity (Wildman–Crippen MR) is 76.6 cm³/mol. The first kappa shape index (κ1) is 14.6. The molecule has 1 aliphatic heterocycles. The molecule has 0 aliphatic carbocycles. The van der Waals surface area contributed by atoms with E-state index in [0.29, 0.717) is 11.4 Å². The van der Waals surface area contributed by atoms with Crippen LogP contribution in [-0.2, 0) is 9.84 Å². The highest BCUT2D eigenvalue weighted by atomic mass is 35.5. The lowest BCUT2D eigenvalue weighted by molar-refractivity contribution is 0.373. The Morgan fingerprint density at radius 2 is 2.21 bits per heavy atom. The number of halogens is 1. The van der Waals surface area contributed by atoms with Gasteiger partial charge < -0.3 is 10.1 Å². The molecule has 2 rings (SSSR count). The van der Waals surface area contributed by atoms with Crippen molar-refractivity contribution < 1.29 is 13.2 Å². The summed E-state index contributed by atoms with van der Waals surface area (Å²) >= 11 is 6.04. The molecule has 2 unspecified atom stereocenters. The van der Waals surface area contributed by atoms with Crippen molar-refractivity contribution >= 4 is 21.4 Å². The Hall–Kier alpha value is -0.780. The van der Waals surface area contributed by atoms with Gasteiger partial charge in [-0.3, -0.25) is 0 Å². The van der Waals surface area contributed by atoms with E-state index < -0.39 is 9.84 Å². The molecular formula is C13H18ClNO3S. The average molecular weight is 304 g/mol. The number of rotatable bonds is 4. The summed E-state index contributed by atoms with van der Waals surface area (Å²) in [5, 5.41) is 3.82. The standard InChI is InChI=1S/C13H18ClNO3S/c1-15-13(9-5-6-19(16,17)8-9)11-7-10(14)3-4-12(11)18-2/h3-4,7,9,13,15H,5-6,8H2,1-2H3. The van der Waals surface area contributed by atoms with E-state index in [4.69, 9.17) is 16.3 Å². The van der Waals surface area contributed by atoms with Gasteiger partial charge in [0.05, 0.1) is 18.6 Å². The van der Waals surface area contributed by atoms with Gasteiger partial charge in [0.2, 0.25) is 0 Å². The fourth-order valence-electron chi connectivity index (χ4n) is 2.68. The fraction of sp³-hybridized carbons (Fsp3) is 0.538. The molecule has 4 nitrogen and oxygen atoms in total. The number of sulfone groups is 1. The third-order valence-corrected chi connectivity index (χ3v) is 5.61. The number of hydrogen-bond donors (Lipinski definition) is 1. The Balaban J connectivity index is 2.34. The van der Waals surface area contributed by atoms with Crippen LogP contribution in [-0.4, -0.2) is 34.1 Å². The largest absolute Gasteiger partial charge is 0.496 e. The average Bonchev–Trinajstić information content (AvgIpc) is 2.71. The van der Waals surface area contributed by atoms with Crippen LogP contribution in [0.1, 0.15) is 18.0 Å². The number of ether oxygens (including phenoxy) is 1. The highest BCUT2D eigenvalue weighted by Crippen LogP contribution is 2.36. The van der Waals surface area contributed by atoms with Gasteiger partial charge in [-0.05, 0) is 37.6 Å². The molecule has 6 heteroatoms. The van der Waals surface area contributed by atoms with Gasteiger partial charge in [0.15, 0.2) is 9.84 Å². The van der Waals surface area contributed by atoms with Crippen molar-refractivity contribution in [3.63, 3.8) is 0 Å². The van der Waals surface area contributed by atoms with Crippen LogP contribution < -0.4 is 10.1 Å². The summed E-state index contributed by atoms with van der Waals surface area (Å²) in [5.74, 6) is 1.27. The Bertz CT molecular complexity index is 559. The van der Waals surface area contributed by atoms with Crippen molar-refractivity contribution in [3.05, 3.63) is 28.8 Å². The summed E-state index contributed by atoms with van der Waals surface area (Å²) in [5.41, 5.74) is 0.916. The minimum absolute atomic E-state index is 0.0577. The molecule has 19 heavy (non-hydrogen) atoms. The van der Waals surface area contributed by atoms with Crippen molar-refractivity contribution in [2.75, 3.05) is 25.7 Å². The predicted octanol–water partition coefficient (Wildman–Crippen LogP) is 2.04. The summed E-state index contributed by atoms with van der Waals surface area (Å²) in [6, 6.07) is 5.35. The first-order valence-corrected chi connectivity index (χ1v) is 8.38. The van der Waals surface area contributed by atoms with Gasteiger partial charge in [-0.25, -0.2) is 8.42 Å². The Kier molecular flexibility index (Phi) is 4.38. The SMILES string of the molecule is CNC(c1cc(Cl)ccc1OC)C1CCS(=O)(=O)C1.